The van der Waals surface area contributed by atoms with Gasteiger partial charge in [-0.3, -0.25) is 9.48 Å². The minimum atomic E-state index is -0.813. The fourth-order valence-corrected chi connectivity index (χ4v) is 1.51. The van der Waals surface area contributed by atoms with Crippen molar-refractivity contribution in [2.24, 2.45) is 12.8 Å². The lowest BCUT2D eigenvalue weighted by atomic mass is 10.1. The standard InChI is InChI=1S/C10H11ClN6O/c1-17-4-6(3-15-17)9(12)10(18)16-8-2-7(11)13-5-14-8/h2-5,9H,12H2,1H3,(H,13,14,16,18). The third-order valence-electron chi connectivity index (χ3n) is 2.25. The Balaban J connectivity index is 2.08. The highest BCUT2D eigenvalue weighted by Crippen LogP contribution is 2.13. The smallest absolute Gasteiger partial charge is 0.247 e. The second kappa shape index (κ2) is 5.11. The molecule has 7 nitrogen and oxygen atoms in total. The number of nitrogens with one attached hydrogen (secondary N) is 1. The van der Waals surface area contributed by atoms with Gasteiger partial charge in [0.05, 0.1) is 6.20 Å². The van der Waals surface area contributed by atoms with E-state index in [9.17, 15) is 4.79 Å². The van der Waals surface area contributed by atoms with Crippen LogP contribution in [0.5, 0.6) is 0 Å². The molecule has 0 aliphatic rings. The first-order valence-electron chi connectivity index (χ1n) is 5.09. The molecule has 2 aromatic rings. The molecule has 0 saturated heterocycles. The molecule has 1 atom stereocenters. The summed E-state index contributed by atoms with van der Waals surface area (Å²) in [6.45, 7) is 0. The van der Waals surface area contributed by atoms with Gasteiger partial charge in [0.15, 0.2) is 0 Å². The molecule has 0 fully saturated rings. The first-order chi connectivity index (χ1) is 8.56. The second-order valence-electron chi connectivity index (χ2n) is 3.64. The molecule has 1 amide bonds. The number of aryl methyl sites for hydroxylation is 1. The van der Waals surface area contributed by atoms with Crippen LogP contribution in [0.15, 0.2) is 24.8 Å². The molecule has 2 aromatic heterocycles. The van der Waals surface area contributed by atoms with Gasteiger partial charge in [-0.1, -0.05) is 11.6 Å². The molecule has 8 heteroatoms. The van der Waals surface area contributed by atoms with E-state index in [-0.39, 0.29) is 5.15 Å². The Morgan fingerprint density at radius 2 is 2.33 bits per heavy atom. The van der Waals surface area contributed by atoms with Crippen molar-refractivity contribution in [1.82, 2.24) is 19.7 Å². The summed E-state index contributed by atoms with van der Waals surface area (Å²) < 4.78 is 1.57. The molecule has 0 spiro atoms. The SMILES string of the molecule is Cn1cc(C(N)C(=O)Nc2cc(Cl)ncn2)cn1. The molecule has 18 heavy (non-hydrogen) atoms. The topological polar surface area (TPSA) is 98.7 Å². The van der Waals surface area contributed by atoms with Crippen LogP contribution >= 0.6 is 11.6 Å². The van der Waals surface area contributed by atoms with Crippen LogP contribution in [-0.2, 0) is 11.8 Å². The van der Waals surface area contributed by atoms with Crippen molar-refractivity contribution in [3.63, 3.8) is 0 Å². The molecule has 3 N–H and O–H groups in total. The zero-order valence-corrected chi connectivity index (χ0v) is 10.3. The summed E-state index contributed by atoms with van der Waals surface area (Å²) in [6.07, 6.45) is 4.47. The molecule has 0 aliphatic carbocycles. The zero-order chi connectivity index (χ0) is 13.1. The average Bonchev–Trinajstić information content (AvgIpc) is 2.75. The van der Waals surface area contributed by atoms with Gasteiger partial charge in [-0.2, -0.15) is 5.10 Å². The van der Waals surface area contributed by atoms with Gasteiger partial charge in [0, 0.05) is 24.9 Å². The highest BCUT2D eigenvalue weighted by Gasteiger charge is 2.17. The first kappa shape index (κ1) is 12.5. The monoisotopic (exact) mass is 266 g/mol. The van der Waals surface area contributed by atoms with Crippen LogP contribution in [0.4, 0.5) is 5.82 Å². The molecule has 2 rings (SSSR count). The summed E-state index contributed by atoms with van der Waals surface area (Å²) in [7, 11) is 1.75. The van der Waals surface area contributed by atoms with Crippen molar-refractivity contribution in [3.8, 4) is 0 Å². The summed E-state index contributed by atoms with van der Waals surface area (Å²) in [6, 6.07) is 0.627. The van der Waals surface area contributed by atoms with Crippen LogP contribution in [0.3, 0.4) is 0 Å². The van der Waals surface area contributed by atoms with Crippen molar-refractivity contribution in [3.05, 3.63) is 35.5 Å². The number of hydrogen-bond acceptors (Lipinski definition) is 5. The number of nitrogens with two attached hydrogens (primary N) is 1. The highest BCUT2D eigenvalue weighted by atomic mass is 35.5. The molecule has 0 aromatic carbocycles. The molecule has 94 valence electrons. The maximum atomic E-state index is 11.9. The van der Waals surface area contributed by atoms with E-state index >= 15 is 0 Å². The number of carbonyl (C=O) groups is 1. The number of anilines is 1. The average molecular weight is 267 g/mol. The number of amides is 1. The molecular weight excluding hydrogens is 256 g/mol. The van der Waals surface area contributed by atoms with Crippen LogP contribution in [-0.4, -0.2) is 25.7 Å². The number of hydrogen-bond donors (Lipinski definition) is 2. The highest BCUT2D eigenvalue weighted by molar-refractivity contribution is 6.29. The lowest BCUT2D eigenvalue weighted by Crippen LogP contribution is -2.27. The largest absolute Gasteiger partial charge is 0.316 e. The van der Waals surface area contributed by atoms with Crippen LogP contribution in [0, 0.1) is 0 Å². The van der Waals surface area contributed by atoms with E-state index in [0.717, 1.165) is 0 Å². The summed E-state index contributed by atoms with van der Waals surface area (Å²) in [5.41, 5.74) is 6.42. The molecule has 1 unspecified atom stereocenters. The fraction of sp³-hybridized carbons (Fsp3) is 0.200. The quantitative estimate of drug-likeness (QED) is 0.789. The van der Waals surface area contributed by atoms with Crippen LogP contribution in [0.1, 0.15) is 11.6 Å². The number of halogens is 1. The molecule has 0 aliphatic heterocycles. The van der Waals surface area contributed by atoms with E-state index in [2.05, 4.69) is 20.4 Å². The van der Waals surface area contributed by atoms with Crippen LogP contribution in [0.25, 0.3) is 0 Å². The van der Waals surface area contributed by atoms with Gasteiger partial charge in [-0.15, -0.1) is 0 Å². The van der Waals surface area contributed by atoms with Crippen molar-refractivity contribution < 1.29 is 4.79 Å². The summed E-state index contributed by atoms with van der Waals surface area (Å²) in [5, 5.41) is 6.75. The van der Waals surface area contributed by atoms with Crippen molar-refractivity contribution in [2.75, 3.05) is 5.32 Å². The third-order valence-corrected chi connectivity index (χ3v) is 2.46. The lowest BCUT2D eigenvalue weighted by molar-refractivity contribution is -0.117. The normalized spacial score (nSPS) is 12.2. The number of rotatable bonds is 3. The van der Waals surface area contributed by atoms with E-state index in [1.54, 1.807) is 17.9 Å². The number of carbonyl (C=O) groups excluding carboxylic acids is 1. The van der Waals surface area contributed by atoms with E-state index < -0.39 is 11.9 Å². The molecule has 0 saturated carbocycles. The van der Waals surface area contributed by atoms with Crippen LogP contribution in [0.2, 0.25) is 5.15 Å². The van der Waals surface area contributed by atoms with Gasteiger partial charge in [-0.25, -0.2) is 9.97 Å². The minimum Gasteiger partial charge on any atom is -0.316 e. The van der Waals surface area contributed by atoms with E-state index in [1.165, 1.54) is 18.6 Å². The maximum absolute atomic E-state index is 11.9. The Bertz CT molecular complexity index is 569. The Labute approximate surface area is 108 Å². The van der Waals surface area contributed by atoms with Gasteiger partial charge in [0.25, 0.3) is 0 Å². The first-order valence-corrected chi connectivity index (χ1v) is 5.46. The van der Waals surface area contributed by atoms with Gasteiger partial charge in [0.2, 0.25) is 5.91 Å². The minimum absolute atomic E-state index is 0.246. The summed E-state index contributed by atoms with van der Waals surface area (Å²) >= 11 is 5.68. The van der Waals surface area contributed by atoms with Gasteiger partial charge in [-0.05, 0) is 0 Å². The van der Waals surface area contributed by atoms with Gasteiger partial charge in [0.1, 0.15) is 23.3 Å². The van der Waals surface area contributed by atoms with Gasteiger partial charge < -0.3 is 11.1 Å². The van der Waals surface area contributed by atoms with Gasteiger partial charge >= 0.3 is 0 Å². The van der Waals surface area contributed by atoms with Crippen molar-refractivity contribution in [1.29, 1.82) is 0 Å². The lowest BCUT2D eigenvalue weighted by Gasteiger charge is -2.09. The molecule has 0 bridgehead atoms. The third kappa shape index (κ3) is 2.82. The Morgan fingerprint density at radius 3 is 2.94 bits per heavy atom. The van der Waals surface area contributed by atoms with Crippen molar-refractivity contribution >= 4 is 23.3 Å². The molecule has 0 radical (unpaired) electrons. The van der Waals surface area contributed by atoms with Crippen molar-refractivity contribution in [2.45, 2.75) is 6.04 Å². The Hall–Kier alpha value is -1.99. The zero-order valence-electron chi connectivity index (χ0n) is 9.54. The Kier molecular flexibility index (Phi) is 3.54. The molecule has 2 heterocycles. The van der Waals surface area contributed by atoms with E-state index in [4.69, 9.17) is 17.3 Å². The van der Waals surface area contributed by atoms with E-state index in [0.29, 0.717) is 11.4 Å². The summed E-state index contributed by atoms with van der Waals surface area (Å²) in [4.78, 5) is 19.4. The predicted octanol–water partition coefficient (Wildman–Crippen LogP) is 0.502. The van der Waals surface area contributed by atoms with E-state index in [1.807, 2.05) is 0 Å². The number of aromatic nitrogens is 4. The number of nitrogens with zero attached hydrogens (tertiary/aromatic N) is 4. The second-order valence-corrected chi connectivity index (χ2v) is 4.03. The Morgan fingerprint density at radius 1 is 1.56 bits per heavy atom. The van der Waals surface area contributed by atoms with Crippen LogP contribution < -0.4 is 11.1 Å². The molecular formula is C10H11ClN6O. The predicted molar refractivity (Wildman–Crippen MR) is 65.8 cm³/mol. The fourth-order valence-electron chi connectivity index (χ4n) is 1.36. The maximum Gasteiger partial charge on any atom is 0.247 e. The summed E-state index contributed by atoms with van der Waals surface area (Å²) in [5.74, 6) is -0.0860.